The van der Waals surface area contributed by atoms with Gasteiger partial charge in [-0.1, -0.05) is 12.8 Å². The summed E-state index contributed by atoms with van der Waals surface area (Å²) in [6.07, 6.45) is 6.79. The Morgan fingerprint density at radius 1 is 1.32 bits per heavy atom. The smallest absolute Gasteiger partial charge is 0.135 e. The van der Waals surface area contributed by atoms with Crippen LogP contribution in [0.3, 0.4) is 0 Å². The van der Waals surface area contributed by atoms with Gasteiger partial charge in [0.05, 0.1) is 24.0 Å². The first kappa shape index (κ1) is 16.5. The maximum Gasteiger partial charge on any atom is 0.135 e. The average molecular weight is 342 g/mol. The fourth-order valence-corrected chi connectivity index (χ4v) is 3.93. The average Bonchev–Trinajstić information content (AvgIpc) is 3.35. The molecule has 1 unspecified atom stereocenters. The van der Waals surface area contributed by atoms with E-state index in [4.69, 9.17) is 14.7 Å². The maximum atomic E-state index is 5.44. The van der Waals surface area contributed by atoms with E-state index in [1.54, 1.807) is 7.11 Å². The lowest BCUT2D eigenvalue weighted by Crippen LogP contribution is -2.22. The van der Waals surface area contributed by atoms with Gasteiger partial charge in [-0.15, -0.1) is 0 Å². The first-order valence-electron chi connectivity index (χ1n) is 9.10. The molecule has 0 amide bonds. The Kier molecular flexibility index (Phi) is 4.67. The number of hydrogen-bond donors (Lipinski definition) is 2. The van der Waals surface area contributed by atoms with E-state index in [2.05, 4.69) is 15.7 Å². The van der Waals surface area contributed by atoms with Crippen LogP contribution in [0.2, 0.25) is 0 Å². The largest absolute Gasteiger partial charge is 0.382 e. The van der Waals surface area contributed by atoms with Gasteiger partial charge in [-0.2, -0.15) is 5.10 Å². The lowest BCUT2D eigenvalue weighted by Gasteiger charge is -2.21. The molecule has 2 aliphatic rings. The van der Waals surface area contributed by atoms with Crippen molar-refractivity contribution < 1.29 is 4.74 Å². The molecular formula is C18H26N6O. The zero-order valence-electron chi connectivity index (χ0n) is 15.0. The van der Waals surface area contributed by atoms with Crippen molar-refractivity contribution in [2.75, 3.05) is 19.0 Å². The molecule has 134 valence electrons. The highest BCUT2D eigenvalue weighted by Gasteiger charge is 2.26. The van der Waals surface area contributed by atoms with Gasteiger partial charge in [-0.3, -0.25) is 4.68 Å². The second-order valence-electron chi connectivity index (χ2n) is 6.97. The van der Waals surface area contributed by atoms with Crippen LogP contribution in [0.15, 0.2) is 12.3 Å². The molecule has 2 aromatic heterocycles. The molecule has 2 N–H and O–H groups in total. The van der Waals surface area contributed by atoms with Crippen LogP contribution in [0, 0.1) is 0 Å². The molecule has 0 aromatic carbocycles. The van der Waals surface area contributed by atoms with Gasteiger partial charge in [0.1, 0.15) is 11.6 Å². The molecular weight excluding hydrogens is 316 g/mol. The molecule has 1 atom stereocenters. The molecule has 2 aromatic rings. The molecule has 1 saturated carbocycles. The summed E-state index contributed by atoms with van der Waals surface area (Å²) < 4.78 is 7.32. The number of methoxy groups -OCH3 is 1. The second kappa shape index (κ2) is 7.09. The summed E-state index contributed by atoms with van der Waals surface area (Å²) in [5.74, 6) is 2.45. The minimum absolute atomic E-state index is 0.00790. The highest BCUT2D eigenvalue weighted by atomic mass is 16.5. The number of ether oxygens (including phenoxy) is 1. The molecule has 0 saturated heterocycles. The Morgan fingerprint density at radius 2 is 2.16 bits per heavy atom. The van der Waals surface area contributed by atoms with Crippen LogP contribution in [-0.4, -0.2) is 33.5 Å². The number of rotatable bonds is 6. The summed E-state index contributed by atoms with van der Waals surface area (Å²) in [6, 6.07) is 2.03. The molecule has 7 nitrogen and oxygen atoms in total. The van der Waals surface area contributed by atoms with Crippen molar-refractivity contribution in [3.63, 3.8) is 0 Å². The van der Waals surface area contributed by atoms with Gasteiger partial charge >= 0.3 is 0 Å². The zero-order valence-corrected chi connectivity index (χ0v) is 15.0. The molecule has 1 fully saturated rings. The van der Waals surface area contributed by atoms with E-state index in [1.165, 1.54) is 31.2 Å². The van der Waals surface area contributed by atoms with Gasteiger partial charge in [-0.25, -0.2) is 9.97 Å². The number of nitrogens with zero attached hydrogens (tertiary/aromatic N) is 4. The predicted octanol–water partition coefficient (Wildman–Crippen LogP) is 2.27. The molecule has 4 rings (SSSR count). The Labute approximate surface area is 148 Å². The number of aromatic nitrogens is 4. The van der Waals surface area contributed by atoms with Crippen LogP contribution in [0.5, 0.6) is 0 Å². The Bertz CT molecular complexity index is 737. The summed E-state index contributed by atoms with van der Waals surface area (Å²) in [5.41, 5.74) is 3.41. The number of fused-ring (bicyclic) bond motifs is 1. The number of aryl methyl sites for hydroxylation is 1. The van der Waals surface area contributed by atoms with Crippen molar-refractivity contribution in [1.29, 1.82) is 0 Å². The fourth-order valence-electron chi connectivity index (χ4n) is 3.93. The SMILES string of the molecule is COCC(Nc1nc(C2CCCC2)nc2c1CNC2)c1ccnn1C. The van der Waals surface area contributed by atoms with Gasteiger partial charge in [0, 0.05) is 44.9 Å². The summed E-state index contributed by atoms with van der Waals surface area (Å²) in [6.45, 7) is 2.20. The summed E-state index contributed by atoms with van der Waals surface area (Å²) in [7, 11) is 3.68. The lowest BCUT2D eigenvalue weighted by molar-refractivity contribution is 0.184. The van der Waals surface area contributed by atoms with Gasteiger partial charge in [-0.05, 0) is 18.9 Å². The van der Waals surface area contributed by atoms with Crippen molar-refractivity contribution in [1.82, 2.24) is 25.1 Å². The third kappa shape index (κ3) is 3.26. The molecule has 1 aliphatic carbocycles. The van der Waals surface area contributed by atoms with Crippen molar-refractivity contribution in [3.05, 3.63) is 35.0 Å². The molecule has 1 aliphatic heterocycles. The van der Waals surface area contributed by atoms with Crippen molar-refractivity contribution in [3.8, 4) is 0 Å². The number of anilines is 1. The normalized spacial score (nSPS) is 18.5. The van der Waals surface area contributed by atoms with E-state index in [0.717, 1.165) is 36.1 Å². The first-order chi connectivity index (χ1) is 12.3. The minimum atomic E-state index is 0.00790. The number of hydrogen-bond acceptors (Lipinski definition) is 6. The van der Waals surface area contributed by atoms with E-state index in [-0.39, 0.29) is 6.04 Å². The van der Waals surface area contributed by atoms with Crippen molar-refractivity contribution in [2.24, 2.45) is 7.05 Å². The van der Waals surface area contributed by atoms with Crippen LogP contribution >= 0.6 is 0 Å². The van der Waals surface area contributed by atoms with Crippen molar-refractivity contribution in [2.45, 2.75) is 50.7 Å². The lowest BCUT2D eigenvalue weighted by atomic mass is 10.1. The standard InChI is InChI=1S/C18H26N6O/c1-24-16(7-8-20-24)15(11-25-2)22-18-13-9-19-10-14(13)21-17(23-18)12-5-3-4-6-12/h7-8,12,15,19H,3-6,9-11H2,1-2H3,(H,21,22,23). The maximum absolute atomic E-state index is 5.44. The highest BCUT2D eigenvalue weighted by molar-refractivity contribution is 5.50. The molecule has 0 spiro atoms. The minimum Gasteiger partial charge on any atom is -0.382 e. The Morgan fingerprint density at radius 3 is 2.88 bits per heavy atom. The Balaban J connectivity index is 1.67. The van der Waals surface area contributed by atoms with E-state index in [0.29, 0.717) is 12.5 Å². The predicted molar refractivity (Wildman–Crippen MR) is 95.2 cm³/mol. The molecule has 0 radical (unpaired) electrons. The summed E-state index contributed by atoms with van der Waals surface area (Å²) in [4.78, 5) is 9.81. The molecule has 7 heteroatoms. The van der Waals surface area contributed by atoms with E-state index in [9.17, 15) is 0 Å². The van der Waals surface area contributed by atoms with Crippen LogP contribution in [0.4, 0.5) is 5.82 Å². The third-order valence-electron chi connectivity index (χ3n) is 5.28. The molecule has 0 bridgehead atoms. The quantitative estimate of drug-likeness (QED) is 0.839. The van der Waals surface area contributed by atoms with Gasteiger partial charge in [0.15, 0.2) is 0 Å². The monoisotopic (exact) mass is 342 g/mol. The van der Waals surface area contributed by atoms with E-state index >= 15 is 0 Å². The van der Waals surface area contributed by atoms with Crippen LogP contribution in [0.25, 0.3) is 0 Å². The van der Waals surface area contributed by atoms with E-state index in [1.807, 2.05) is 24.0 Å². The third-order valence-corrected chi connectivity index (χ3v) is 5.28. The van der Waals surface area contributed by atoms with Crippen LogP contribution < -0.4 is 10.6 Å². The summed E-state index contributed by atoms with van der Waals surface area (Å²) >= 11 is 0. The van der Waals surface area contributed by atoms with Gasteiger partial charge in [0.25, 0.3) is 0 Å². The Hall–Kier alpha value is -1.99. The summed E-state index contributed by atoms with van der Waals surface area (Å²) in [5, 5.41) is 11.3. The second-order valence-corrected chi connectivity index (χ2v) is 6.97. The van der Waals surface area contributed by atoms with Crippen LogP contribution in [-0.2, 0) is 24.9 Å². The topological polar surface area (TPSA) is 76.9 Å². The highest BCUT2D eigenvalue weighted by Crippen LogP contribution is 2.35. The van der Waals surface area contributed by atoms with Gasteiger partial charge in [0.2, 0.25) is 0 Å². The van der Waals surface area contributed by atoms with Crippen LogP contribution in [0.1, 0.15) is 60.4 Å². The molecule has 25 heavy (non-hydrogen) atoms. The number of nitrogens with one attached hydrogen (secondary N) is 2. The fraction of sp³-hybridized carbons (Fsp3) is 0.611. The van der Waals surface area contributed by atoms with Crippen molar-refractivity contribution >= 4 is 5.82 Å². The first-order valence-corrected chi connectivity index (χ1v) is 9.10. The molecule has 3 heterocycles. The zero-order chi connectivity index (χ0) is 17.2. The van der Waals surface area contributed by atoms with E-state index < -0.39 is 0 Å². The van der Waals surface area contributed by atoms with Gasteiger partial charge < -0.3 is 15.4 Å².